The van der Waals surface area contributed by atoms with E-state index in [1.807, 2.05) is 43.7 Å². The number of likely N-dealkylation sites (N-methyl/N-ethyl adjacent to an activating group) is 1. The summed E-state index contributed by atoms with van der Waals surface area (Å²) in [5.74, 6) is 0.729. The van der Waals surface area contributed by atoms with Gasteiger partial charge >= 0.3 is 0 Å². The molecule has 0 fully saturated rings. The van der Waals surface area contributed by atoms with E-state index < -0.39 is 19.7 Å². The van der Waals surface area contributed by atoms with Crippen molar-refractivity contribution < 1.29 is 16.8 Å². The molecule has 0 spiro atoms. The second-order valence-electron chi connectivity index (χ2n) is 11.1. The van der Waals surface area contributed by atoms with Gasteiger partial charge in [-0.2, -0.15) is 0 Å². The van der Waals surface area contributed by atoms with E-state index in [1.54, 1.807) is 97.7 Å². The maximum Gasteiger partial charge on any atom is 0.208 e. The lowest BCUT2D eigenvalue weighted by Crippen LogP contribution is -2.18. The van der Waals surface area contributed by atoms with Gasteiger partial charge in [-0.3, -0.25) is 9.97 Å². The molecule has 264 valence electrons. The maximum absolute atomic E-state index is 12.9. The van der Waals surface area contributed by atoms with Crippen LogP contribution in [0.2, 0.25) is 0 Å². The number of nitrogens with one attached hydrogen (secondary N) is 1. The zero-order chi connectivity index (χ0) is 34.0. The smallest absolute Gasteiger partial charge is 0.208 e. The SMILES string of the molecule is CN(C)CCCl.CN(C)CCn1cc(S(=O)(=O)c2ccccc2)c2cnccc21.Cl.Cl.O=S(=O)(c1ccccc1)c1c[nH]c2ccncc12. The highest BCUT2D eigenvalue weighted by atomic mass is 35.5. The molecule has 10 nitrogen and oxygen atoms in total. The van der Waals surface area contributed by atoms with Crippen molar-refractivity contribution in [1.82, 2.24) is 29.3 Å². The number of sulfone groups is 2. The number of hydrogen-bond acceptors (Lipinski definition) is 8. The van der Waals surface area contributed by atoms with E-state index in [9.17, 15) is 16.8 Å². The number of H-pyrrole nitrogens is 1. The minimum Gasteiger partial charge on any atom is -0.360 e. The number of rotatable bonds is 9. The number of alkyl halides is 1. The van der Waals surface area contributed by atoms with E-state index in [4.69, 9.17) is 11.6 Å². The average molecular weight is 768 g/mol. The van der Waals surface area contributed by atoms with E-state index >= 15 is 0 Å². The van der Waals surface area contributed by atoms with Crippen LogP contribution >= 0.6 is 36.4 Å². The van der Waals surface area contributed by atoms with Crippen molar-refractivity contribution in [2.75, 3.05) is 47.2 Å². The number of nitrogens with zero attached hydrogens (tertiary/aromatic N) is 5. The normalized spacial score (nSPS) is 11.2. The van der Waals surface area contributed by atoms with Crippen molar-refractivity contribution in [3.8, 4) is 0 Å². The van der Waals surface area contributed by atoms with E-state index in [2.05, 4.69) is 19.9 Å². The van der Waals surface area contributed by atoms with Crippen LogP contribution in [0, 0.1) is 0 Å². The van der Waals surface area contributed by atoms with Crippen LogP contribution in [-0.2, 0) is 26.2 Å². The Bertz CT molecular complexity index is 2110. The molecule has 0 atom stereocenters. The molecule has 0 bridgehead atoms. The first kappa shape index (κ1) is 41.7. The minimum atomic E-state index is -3.56. The molecule has 0 aliphatic rings. The molecule has 49 heavy (non-hydrogen) atoms. The van der Waals surface area contributed by atoms with Crippen LogP contribution in [0.15, 0.2) is 130 Å². The van der Waals surface area contributed by atoms with Crippen LogP contribution in [0.25, 0.3) is 21.8 Å². The molecule has 0 unspecified atom stereocenters. The largest absolute Gasteiger partial charge is 0.360 e. The van der Waals surface area contributed by atoms with Gasteiger partial charge in [0.2, 0.25) is 19.7 Å². The van der Waals surface area contributed by atoms with Crippen LogP contribution in [0.1, 0.15) is 0 Å². The van der Waals surface area contributed by atoms with Crippen LogP contribution in [0.4, 0.5) is 0 Å². The number of fused-ring (bicyclic) bond motifs is 2. The molecule has 4 heterocycles. The van der Waals surface area contributed by atoms with Crippen LogP contribution in [-0.4, -0.2) is 93.3 Å². The molecule has 6 rings (SSSR count). The Kier molecular flexibility index (Phi) is 16.2. The Morgan fingerprint density at radius 2 is 1.20 bits per heavy atom. The Morgan fingerprint density at radius 3 is 1.71 bits per heavy atom. The van der Waals surface area contributed by atoms with Gasteiger partial charge in [-0.05, 0) is 64.6 Å². The molecular weight excluding hydrogens is 727 g/mol. The molecule has 0 saturated carbocycles. The van der Waals surface area contributed by atoms with Gasteiger partial charge in [0.1, 0.15) is 0 Å². The Labute approximate surface area is 305 Å². The summed E-state index contributed by atoms with van der Waals surface area (Å²) in [6.07, 6.45) is 9.72. The summed E-state index contributed by atoms with van der Waals surface area (Å²) in [4.78, 5) is 16.3. The van der Waals surface area contributed by atoms with Gasteiger partial charge in [0.05, 0.1) is 25.1 Å². The monoisotopic (exact) mass is 766 g/mol. The van der Waals surface area contributed by atoms with Gasteiger partial charge in [-0.25, -0.2) is 16.8 Å². The molecule has 4 aromatic heterocycles. The number of halogens is 3. The quantitative estimate of drug-likeness (QED) is 0.167. The minimum absolute atomic E-state index is 0. The third-order valence-electron chi connectivity index (χ3n) is 7.10. The van der Waals surface area contributed by atoms with E-state index in [0.29, 0.717) is 20.6 Å². The highest BCUT2D eigenvalue weighted by Gasteiger charge is 2.23. The lowest BCUT2D eigenvalue weighted by atomic mass is 10.3. The molecule has 1 N–H and O–H groups in total. The fraction of sp³-hybridized carbons (Fsp3) is 0.235. The van der Waals surface area contributed by atoms with Gasteiger partial charge in [0, 0.05) is 79.0 Å². The number of aromatic amines is 1. The first-order valence-corrected chi connectivity index (χ1v) is 18.3. The fourth-order valence-corrected chi connectivity index (χ4v) is 7.85. The maximum atomic E-state index is 12.9. The lowest BCUT2D eigenvalue weighted by Gasteiger charge is -2.10. The molecule has 0 aliphatic carbocycles. The molecule has 0 saturated heterocycles. The molecule has 0 aliphatic heterocycles. The number of pyridine rings is 2. The van der Waals surface area contributed by atoms with Crippen LogP contribution in [0.5, 0.6) is 0 Å². The third-order valence-corrected chi connectivity index (χ3v) is 10.9. The van der Waals surface area contributed by atoms with Crippen molar-refractivity contribution in [2.24, 2.45) is 0 Å². The Hall–Kier alpha value is -3.49. The first-order chi connectivity index (χ1) is 22.5. The summed E-state index contributed by atoms with van der Waals surface area (Å²) in [6, 6.07) is 20.5. The number of benzene rings is 2. The second kappa shape index (κ2) is 19.0. The van der Waals surface area contributed by atoms with E-state index in [0.717, 1.165) is 36.5 Å². The standard InChI is InChI=1S/C17H19N3O2S.C13H10N2O2S.C4H10ClN.2ClH/c1-19(2)10-11-20-13-17(15-12-18-9-8-16(15)20)23(21,22)14-6-4-3-5-7-14;16-18(17,10-4-2-1-3-5-10)13-9-15-12-6-7-14-8-11(12)13;1-6(2)4-3-5;;/h3-9,12-13H,10-11H2,1-2H3;1-9,15H;3-4H2,1-2H3;2*1H. The molecule has 0 radical (unpaired) electrons. The first-order valence-electron chi connectivity index (χ1n) is 14.8. The summed E-state index contributed by atoms with van der Waals surface area (Å²) >= 11 is 5.35. The van der Waals surface area contributed by atoms with Gasteiger partial charge < -0.3 is 19.4 Å². The topological polar surface area (TPSA) is 121 Å². The zero-order valence-corrected chi connectivity index (χ0v) is 31.6. The fourth-order valence-electron chi connectivity index (χ4n) is 4.60. The summed E-state index contributed by atoms with van der Waals surface area (Å²) in [5, 5.41) is 1.27. The van der Waals surface area contributed by atoms with Crippen molar-refractivity contribution in [1.29, 1.82) is 0 Å². The molecule has 2 aromatic carbocycles. The number of aromatic nitrogens is 4. The van der Waals surface area contributed by atoms with Gasteiger partial charge in [-0.1, -0.05) is 36.4 Å². The van der Waals surface area contributed by atoms with Crippen molar-refractivity contribution in [2.45, 2.75) is 26.1 Å². The van der Waals surface area contributed by atoms with E-state index in [-0.39, 0.29) is 34.6 Å². The highest BCUT2D eigenvalue weighted by Crippen LogP contribution is 2.30. The van der Waals surface area contributed by atoms with Gasteiger partial charge in [0.25, 0.3) is 0 Å². The van der Waals surface area contributed by atoms with Gasteiger partial charge in [-0.15, -0.1) is 36.4 Å². The molecule has 15 heteroatoms. The Balaban J connectivity index is 0.000000287. The zero-order valence-electron chi connectivity index (χ0n) is 27.6. The molecular formula is C34H41Cl3N6O4S2. The predicted octanol–water partition coefficient (Wildman–Crippen LogP) is 6.46. The van der Waals surface area contributed by atoms with Crippen molar-refractivity contribution >= 4 is 77.9 Å². The summed E-state index contributed by atoms with van der Waals surface area (Å²) in [5.41, 5.74) is 1.65. The third kappa shape index (κ3) is 10.5. The van der Waals surface area contributed by atoms with E-state index in [1.165, 1.54) is 6.20 Å². The summed E-state index contributed by atoms with van der Waals surface area (Å²) < 4.78 is 52.8. The van der Waals surface area contributed by atoms with Gasteiger partial charge in [0.15, 0.2) is 0 Å². The number of hydrogen-bond donors (Lipinski definition) is 1. The van der Waals surface area contributed by atoms with Crippen LogP contribution < -0.4 is 0 Å². The Morgan fingerprint density at radius 1 is 0.694 bits per heavy atom. The highest BCUT2D eigenvalue weighted by molar-refractivity contribution is 7.92. The van der Waals surface area contributed by atoms with Crippen LogP contribution in [0.3, 0.4) is 0 Å². The average Bonchev–Trinajstić information content (AvgIpc) is 3.68. The van der Waals surface area contributed by atoms with Crippen molar-refractivity contribution in [3.05, 3.63) is 110 Å². The summed E-state index contributed by atoms with van der Waals surface area (Å²) in [7, 11) is 0.943. The molecule has 6 aromatic rings. The molecule has 0 amide bonds. The second-order valence-corrected chi connectivity index (χ2v) is 15.3. The van der Waals surface area contributed by atoms with Crippen molar-refractivity contribution in [3.63, 3.8) is 0 Å². The predicted molar refractivity (Wildman–Crippen MR) is 202 cm³/mol. The summed E-state index contributed by atoms with van der Waals surface area (Å²) in [6.45, 7) is 2.52. The lowest BCUT2D eigenvalue weighted by molar-refractivity contribution is 0.386.